The average Bonchev–Trinajstić information content (AvgIpc) is 2.20. The summed E-state index contributed by atoms with van der Waals surface area (Å²) in [6.07, 6.45) is 4.86. The number of halogens is 3. The van der Waals surface area contributed by atoms with Crippen molar-refractivity contribution in [2.24, 2.45) is 0 Å². The summed E-state index contributed by atoms with van der Waals surface area (Å²) >= 11 is 17.9. The van der Waals surface area contributed by atoms with E-state index in [1.54, 1.807) is 12.1 Å². The van der Waals surface area contributed by atoms with Crippen LogP contribution < -0.4 is 5.32 Å². The smallest absolute Gasteiger partial charge is 0.0720 e. The van der Waals surface area contributed by atoms with E-state index in [9.17, 15) is 0 Å². The third-order valence-electron chi connectivity index (χ3n) is 2.34. The van der Waals surface area contributed by atoms with E-state index in [4.69, 9.17) is 34.8 Å². The van der Waals surface area contributed by atoms with Gasteiger partial charge in [-0.2, -0.15) is 0 Å². The van der Waals surface area contributed by atoms with Crippen molar-refractivity contribution in [1.82, 2.24) is 0 Å². The molecule has 0 aromatic heterocycles. The van der Waals surface area contributed by atoms with Gasteiger partial charge in [-0.1, -0.05) is 61.0 Å². The van der Waals surface area contributed by atoms with Gasteiger partial charge in [-0.25, -0.2) is 0 Å². The molecule has 0 radical (unpaired) electrons. The van der Waals surface area contributed by atoms with E-state index in [1.165, 1.54) is 19.3 Å². The number of anilines is 1. The van der Waals surface area contributed by atoms with Crippen LogP contribution in [0.4, 0.5) is 5.69 Å². The zero-order valence-electron chi connectivity index (χ0n) is 9.32. The Kier molecular flexibility index (Phi) is 6.33. The number of hydrogen-bond donors (Lipinski definition) is 1. The first-order chi connectivity index (χ1) is 7.65. The zero-order chi connectivity index (χ0) is 12.0. The Hall–Kier alpha value is -0.110. The summed E-state index contributed by atoms with van der Waals surface area (Å²) in [4.78, 5) is 0. The molecule has 1 aromatic rings. The molecule has 0 unspecified atom stereocenters. The Morgan fingerprint density at radius 1 is 1.00 bits per heavy atom. The molecular formula is C12H16Cl3N. The average molecular weight is 281 g/mol. The summed E-state index contributed by atoms with van der Waals surface area (Å²) in [5.74, 6) is 0. The van der Waals surface area contributed by atoms with Gasteiger partial charge >= 0.3 is 0 Å². The first-order valence-electron chi connectivity index (χ1n) is 5.53. The number of nitrogens with one attached hydrogen (secondary N) is 1. The van der Waals surface area contributed by atoms with Gasteiger partial charge < -0.3 is 5.32 Å². The van der Waals surface area contributed by atoms with E-state index in [0.717, 1.165) is 18.7 Å². The number of unbranched alkanes of at least 4 members (excludes halogenated alkanes) is 3. The van der Waals surface area contributed by atoms with Crippen molar-refractivity contribution >= 4 is 40.5 Å². The molecular weight excluding hydrogens is 264 g/mol. The van der Waals surface area contributed by atoms with Crippen molar-refractivity contribution in [3.8, 4) is 0 Å². The molecule has 90 valence electrons. The SMILES string of the molecule is CCCCCCNc1c(Cl)cc(Cl)cc1Cl. The van der Waals surface area contributed by atoms with Crippen LogP contribution in [0.1, 0.15) is 32.6 Å². The summed E-state index contributed by atoms with van der Waals surface area (Å²) in [6, 6.07) is 3.40. The molecule has 0 aliphatic heterocycles. The molecule has 1 rings (SSSR count). The van der Waals surface area contributed by atoms with Gasteiger partial charge in [0.25, 0.3) is 0 Å². The lowest BCUT2D eigenvalue weighted by Crippen LogP contribution is -2.02. The van der Waals surface area contributed by atoms with Crippen LogP contribution in [0.25, 0.3) is 0 Å². The lowest BCUT2D eigenvalue weighted by atomic mass is 10.2. The van der Waals surface area contributed by atoms with Crippen LogP contribution in [0.2, 0.25) is 15.1 Å². The number of rotatable bonds is 6. The molecule has 0 saturated heterocycles. The fourth-order valence-corrected chi connectivity index (χ4v) is 2.43. The molecule has 0 amide bonds. The van der Waals surface area contributed by atoms with E-state index in [1.807, 2.05) is 0 Å². The highest BCUT2D eigenvalue weighted by molar-refractivity contribution is 6.41. The fraction of sp³-hybridized carbons (Fsp3) is 0.500. The fourth-order valence-electron chi connectivity index (χ4n) is 1.48. The Balaban J connectivity index is 2.47. The highest BCUT2D eigenvalue weighted by Crippen LogP contribution is 2.33. The molecule has 0 aliphatic carbocycles. The Labute approximate surface area is 112 Å². The van der Waals surface area contributed by atoms with Crippen LogP contribution in [-0.2, 0) is 0 Å². The van der Waals surface area contributed by atoms with Gasteiger partial charge in [-0.05, 0) is 18.6 Å². The van der Waals surface area contributed by atoms with Gasteiger partial charge in [-0.15, -0.1) is 0 Å². The van der Waals surface area contributed by atoms with E-state index in [-0.39, 0.29) is 0 Å². The second kappa shape index (κ2) is 7.26. The van der Waals surface area contributed by atoms with Gasteiger partial charge in [0, 0.05) is 11.6 Å². The van der Waals surface area contributed by atoms with Crippen molar-refractivity contribution in [2.75, 3.05) is 11.9 Å². The minimum absolute atomic E-state index is 0.562. The van der Waals surface area contributed by atoms with Crippen molar-refractivity contribution in [3.05, 3.63) is 27.2 Å². The van der Waals surface area contributed by atoms with Crippen molar-refractivity contribution in [2.45, 2.75) is 32.6 Å². The maximum absolute atomic E-state index is 6.04. The monoisotopic (exact) mass is 279 g/mol. The Bertz CT molecular complexity index is 316. The standard InChI is InChI=1S/C12H16Cl3N/c1-2-3-4-5-6-16-12-10(14)7-9(13)8-11(12)15/h7-8,16H,2-6H2,1H3. The van der Waals surface area contributed by atoms with Gasteiger partial charge in [0.05, 0.1) is 15.7 Å². The van der Waals surface area contributed by atoms with Crippen LogP contribution in [-0.4, -0.2) is 6.54 Å². The maximum atomic E-state index is 6.04. The highest BCUT2D eigenvalue weighted by atomic mass is 35.5. The van der Waals surface area contributed by atoms with Crippen molar-refractivity contribution < 1.29 is 0 Å². The van der Waals surface area contributed by atoms with Gasteiger partial charge in [0.2, 0.25) is 0 Å². The normalized spacial score (nSPS) is 10.5. The van der Waals surface area contributed by atoms with Crippen molar-refractivity contribution in [3.63, 3.8) is 0 Å². The van der Waals surface area contributed by atoms with E-state index in [2.05, 4.69) is 12.2 Å². The quantitative estimate of drug-likeness (QED) is 0.665. The lowest BCUT2D eigenvalue weighted by molar-refractivity contribution is 0.685. The first-order valence-corrected chi connectivity index (χ1v) is 6.67. The van der Waals surface area contributed by atoms with Crippen LogP contribution in [0.5, 0.6) is 0 Å². The second-order valence-electron chi connectivity index (χ2n) is 3.73. The molecule has 4 heteroatoms. The van der Waals surface area contributed by atoms with Crippen LogP contribution in [0.3, 0.4) is 0 Å². The third kappa shape index (κ3) is 4.40. The Morgan fingerprint density at radius 3 is 2.19 bits per heavy atom. The van der Waals surface area contributed by atoms with Crippen LogP contribution in [0, 0.1) is 0 Å². The maximum Gasteiger partial charge on any atom is 0.0720 e. The predicted molar refractivity (Wildman–Crippen MR) is 74.1 cm³/mol. The Morgan fingerprint density at radius 2 is 1.62 bits per heavy atom. The first kappa shape index (κ1) is 14.0. The van der Waals surface area contributed by atoms with Crippen LogP contribution >= 0.6 is 34.8 Å². The minimum atomic E-state index is 0.562. The minimum Gasteiger partial charge on any atom is -0.383 e. The van der Waals surface area contributed by atoms with Gasteiger partial charge in [0.15, 0.2) is 0 Å². The zero-order valence-corrected chi connectivity index (χ0v) is 11.6. The molecule has 0 spiro atoms. The summed E-state index contributed by atoms with van der Waals surface area (Å²) in [5.41, 5.74) is 0.782. The second-order valence-corrected chi connectivity index (χ2v) is 4.98. The number of hydrogen-bond acceptors (Lipinski definition) is 1. The molecule has 0 atom stereocenters. The molecule has 1 aromatic carbocycles. The molecule has 1 N–H and O–H groups in total. The summed E-state index contributed by atoms with van der Waals surface area (Å²) in [6.45, 7) is 3.08. The largest absolute Gasteiger partial charge is 0.383 e. The van der Waals surface area contributed by atoms with Gasteiger partial charge in [-0.3, -0.25) is 0 Å². The van der Waals surface area contributed by atoms with E-state index < -0.39 is 0 Å². The molecule has 1 nitrogen and oxygen atoms in total. The lowest BCUT2D eigenvalue weighted by Gasteiger charge is -2.10. The molecule has 16 heavy (non-hydrogen) atoms. The van der Waals surface area contributed by atoms with E-state index in [0.29, 0.717) is 15.1 Å². The molecule has 0 bridgehead atoms. The molecule has 0 fully saturated rings. The topological polar surface area (TPSA) is 12.0 Å². The molecule has 0 saturated carbocycles. The molecule has 0 aliphatic rings. The van der Waals surface area contributed by atoms with Crippen LogP contribution in [0.15, 0.2) is 12.1 Å². The summed E-state index contributed by atoms with van der Waals surface area (Å²) in [7, 11) is 0. The van der Waals surface area contributed by atoms with Gasteiger partial charge in [0.1, 0.15) is 0 Å². The summed E-state index contributed by atoms with van der Waals surface area (Å²) in [5, 5.41) is 4.96. The summed E-state index contributed by atoms with van der Waals surface area (Å²) < 4.78 is 0. The number of benzene rings is 1. The third-order valence-corrected chi connectivity index (χ3v) is 3.15. The van der Waals surface area contributed by atoms with E-state index >= 15 is 0 Å². The highest BCUT2D eigenvalue weighted by Gasteiger charge is 2.06. The predicted octanol–water partition coefficient (Wildman–Crippen LogP) is 5.64. The molecule has 0 heterocycles. The van der Waals surface area contributed by atoms with Crippen molar-refractivity contribution in [1.29, 1.82) is 0 Å².